The second-order valence-electron chi connectivity index (χ2n) is 7.18. The normalized spacial score (nSPS) is 15.7. The number of anilines is 1. The van der Waals surface area contributed by atoms with E-state index in [9.17, 15) is 19.7 Å². The predicted molar refractivity (Wildman–Crippen MR) is 109 cm³/mol. The van der Waals surface area contributed by atoms with Crippen LogP contribution in [-0.2, 0) is 12.8 Å². The van der Waals surface area contributed by atoms with E-state index in [1.54, 1.807) is 6.92 Å². The van der Waals surface area contributed by atoms with Crippen LogP contribution in [0, 0.1) is 23.0 Å². The molecule has 148 valence electrons. The molecule has 3 N–H and O–H groups in total. The van der Waals surface area contributed by atoms with Gasteiger partial charge in [-0.05, 0) is 49.8 Å². The first-order valence-electron chi connectivity index (χ1n) is 9.32. The lowest BCUT2D eigenvalue weighted by Crippen LogP contribution is -2.20. The van der Waals surface area contributed by atoms with Gasteiger partial charge in [-0.15, -0.1) is 11.3 Å². The Balaban J connectivity index is 1.88. The van der Waals surface area contributed by atoms with Crippen LogP contribution < -0.4 is 11.1 Å². The van der Waals surface area contributed by atoms with E-state index in [0.717, 1.165) is 42.5 Å². The Labute approximate surface area is 167 Å². The molecule has 0 saturated carbocycles. The van der Waals surface area contributed by atoms with Crippen molar-refractivity contribution in [1.82, 2.24) is 0 Å². The first kappa shape index (κ1) is 20.0. The molecule has 1 heterocycles. The second-order valence-corrected chi connectivity index (χ2v) is 8.29. The first-order chi connectivity index (χ1) is 13.3. The number of hydrogen-bond acceptors (Lipinski definition) is 5. The van der Waals surface area contributed by atoms with Gasteiger partial charge in [-0.1, -0.05) is 19.8 Å². The number of nitrogens with one attached hydrogen (secondary N) is 1. The van der Waals surface area contributed by atoms with Gasteiger partial charge in [-0.2, -0.15) is 0 Å². The highest BCUT2D eigenvalue weighted by molar-refractivity contribution is 7.17. The number of fused-ring (bicyclic) bond motifs is 1. The molecule has 0 bridgehead atoms. The summed E-state index contributed by atoms with van der Waals surface area (Å²) < 4.78 is 0. The number of aryl methyl sites for hydroxylation is 1. The molecule has 3 rings (SSSR count). The Morgan fingerprint density at radius 3 is 2.75 bits per heavy atom. The number of nitrogens with two attached hydrogens (primary N) is 1. The third-order valence-corrected chi connectivity index (χ3v) is 6.36. The van der Waals surface area contributed by atoms with Crippen molar-refractivity contribution in [3.8, 4) is 0 Å². The zero-order chi connectivity index (χ0) is 20.4. The summed E-state index contributed by atoms with van der Waals surface area (Å²) in [5.74, 6) is -0.358. The summed E-state index contributed by atoms with van der Waals surface area (Å²) in [5.41, 5.74) is 7.64. The summed E-state index contributed by atoms with van der Waals surface area (Å²) in [7, 11) is 0. The van der Waals surface area contributed by atoms with Crippen LogP contribution >= 0.6 is 11.3 Å². The van der Waals surface area contributed by atoms with Crippen LogP contribution in [0.1, 0.15) is 62.9 Å². The van der Waals surface area contributed by atoms with Gasteiger partial charge in [0.15, 0.2) is 0 Å². The zero-order valence-electron chi connectivity index (χ0n) is 15.9. The van der Waals surface area contributed by atoms with Gasteiger partial charge in [-0.3, -0.25) is 19.7 Å². The van der Waals surface area contributed by atoms with E-state index in [4.69, 9.17) is 5.73 Å². The van der Waals surface area contributed by atoms with E-state index < -0.39 is 16.7 Å². The van der Waals surface area contributed by atoms with Crippen molar-refractivity contribution in [1.29, 1.82) is 0 Å². The van der Waals surface area contributed by atoms with Crippen molar-refractivity contribution in [3.63, 3.8) is 0 Å². The van der Waals surface area contributed by atoms with Gasteiger partial charge in [0, 0.05) is 22.1 Å². The Morgan fingerprint density at radius 1 is 1.39 bits per heavy atom. The number of nitro benzene ring substituents is 1. The molecule has 0 saturated heterocycles. The third-order valence-electron chi connectivity index (χ3n) is 5.19. The van der Waals surface area contributed by atoms with Crippen molar-refractivity contribution in [2.24, 2.45) is 11.7 Å². The summed E-state index contributed by atoms with van der Waals surface area (Å²) in [6.07, 6.45) is 4.98. The number of hydrogen-bond donors (Lipinski definition) is 2. The van der Waals surface area contributed by atoms with Crippen molar-refractivity contribution in [2.75, 3.05) is 5.32 Å². The summed E-state index contributed by atoms with van der Waals surface area (Å²) in [4.78, 5) is 36.3. The van der Waals surface area contributed by atoms with Crippen LogP contribution in [0.2, 0.25) is 0 Å². The second kappa shape index (κ2) is 8.10. The lowest BCUT2D eigenvalue weighted by Gasteiger charge is -2.21. The fraction of sp³-hybridized carbons (Fsp3) is 0.400. The predicted octanol–water partition coefficient (Wildman–Crippen LogP) is 4.22. The van der Waals surface area contributed by atoms with Gasteiger partial charge in [0.05, 0.1) is 10.5 Å². The lowest BCUT2D eigenvalue weighted by atomic mass is 9.84. The van der Waals surface area contributed by atoms with Crippen molar-refractivity contribution in [2.45, 2.75) is 46.0 Å². The molecule has 0 unspecified atom stereocenters. The number of benzene rings is 1. The molecule has 2 aromatic rings. The van der Waals surface area contributed by atoms with E-state index in [2.05, 4.69) is 12.2 Å². The highest BCUT2D eigenvalue weighted by Gasteiger charge is 2.28. The average molecular weight is 401 g/mol. The van der Waals surface area contributed by atoms with Gasteiger partial charge in [0.1, 0.15) is 5.00 Å². The Bertz CT molecular complexity index is 951. The number of thiophene rings is 1. The van der Waals surface area contributed by atoms with E-state index in [1.807, 2.05) is 0 Å². The molecule has 0 fully saturated rings. The molecule has 1 aromatic heterocycles. The largest absolute Gasteiger partial charge is 0.365 e. The van der Waals surface area contributed by atoms with Crippen LogP contribution in [0.4, 0.5) is 10.7 Å². The van der Waals surface area contributed by atoms with E-state index >= 15 is 0 Å². The van der Waals surface area contributed by atoms with E-state index in [0.29, 0.717) is 27.6 Å². The van der Waals surface area contributed by atoms with Crippen molar-refractivity contribution in [3.05, 3.63) is 55.4 Å². The number of rotatable bonds is 6. The lowest BCUT2D eigenvalue weighted by molar-refractivity contribution is -0.385. The molecule has 7 nitrogen and oxygen atoms in total. The summed E-state index contributed by atoms with van der Waals surface area (Å²) in [6, 6.07) is 4.20. The molecule has 28 heavy (non-hydrogen) atoms. The molecule has 1 aromatic carbocycles. The molecule has 1 aliphatic carbocycles. The molecule has 1 atom stereocenters. The number of carbonyl (C=O) groups is 2. The number of primary amides is 1. The summed E-state index contributed by atoms with van der Waals surface area (Å²) in [5, 5.41) is 14.2. The number of nitro groups is 1. The van der Waals surface area contributed by atoms with Gasteiger partial charge in [0.25, 0.3) is 17.5 Å². The van der Waals surface area contributed by atoms with Crippen molar-refractivity contribution >= 4 is 33.8 Å². The fourth-order valence-electron chi connectivity index (χ4n) is 3.83. The number of nitrogens with zero attached hydrogens (tertiary/aromatic N) is 1. The maximum absolute atomic E-state index is 12.7. The van der Waals surface area contributed by atoms with Crippen LogP contribution in [0.25, 0.3) is 0 Å². The Kier molecular flexibility index (Phi) is 5.79. The molecule has 1 aliphatic rings. The molecule has 0 aliphatic heterocycles. The highest BCUT2D eigenvalue weighted by Crippen LogP contribution is 2.40. The van der Waals surface area contributed by atoms with Crippen LogP contribution in [0.3, 0.4) is 0 Å². The Hall–Kier alpha value is -2.74. The fourth-order valence-corrected chi connectivity index (χ4v) is 5.20. The van der Waals surface area contributed by atoms with Crippen molar-refractivity contribution < 1.29 is 14.5 Å². The van der Waals surface area contributed by atoms with Gasteiger partial charge < -0.3 is 11.1 Å². The highest BCUT2D eigenvalue weighted by atomic mass is 32.1. The molecule has 8 heteroatoms. The maximum atomic E-state index is 12.7. The quantitative estimate of drug-likeness (QED) is 0.557. The Morgan fingerprint density at radius 2 is 2.14 bits per heavy atom. The minimum absolute atomic E-state index is 0.0390. The minimum atomic E-state index is -0.540. The number of carbonyl (C=O) groups excluding carboxylic acids is 2. The standard InChI is InChI=1S/C20H23N3O4S/c1-3-4-12-5-7-14-16(10-12)28-20(17(14)18(21)24)22-19(25)13-6-8-15(23(26)27)11(2)9-13/h6,8-9,12H,3-5,7,10H2,1-2H3,(H2,21,24)(H,22,25)/t12-/m1/s1. The van der Waals surface area contributed by atoms with E-state index in [-0.39, 0.29) is 5.69 Å². The minimum Gasteiger partial charge on any atom is -0.365 e. The zero-order valence-corrected chi connectivity index (χ0v) is 16.7. The summed E-state index contributed by atoms with van der Waals surface area (Å²) in [6.45, 7) is 3.75. The van der Waals surface area contributed by atoms with Gasteiger partial charge in [0.2, 0.25) is 0 Å². The van der Waals surface area contributed by atoms with Crippen LogP contribution in [-0.4, -0.2) is 16.7 Å². The van der Waals surface area contributed by atoms with Gasteiger partial charge in [-0.25, -0.2) is 0 Å². The smallest absolute Gasteiger partial charge is 0.272 e. The third kappa shape index (κ3) is 3.91. The molecule has 0 radical (unpaired) electrons. The topological polar surface area (TPSA) is 115 Å². The van der Waals surface area contributed by atoms with E-state index in [1.165, 1.54) is 29.5 Å². The monoisotopic (exact) mass is 401 g/mol. The van der Waals surface area contributed by atoms with Crippen LogP contribution in [0.5, 0.6) is 0 Å². The first-order valence-corrected chi connectivity index (χ1v) is 10.1. The molecule has 0 spiro atoms. The molecular weight excluding hydrogens is 378 g/mol. The maximum Gasteiger partial charge on any atom is 0.272 e. The SMILES string of the molecule is CCC[C@@H]1CCc2c(sc(NC(=O)c3ccc([N+](=O)[O-])c(C)c3)c2C(N)=O)C1. The summed E-state index contributed by atoms with van der Waals surface area (Å²) >= 11 is 1.41. The average Bonchev–Trinajstić information content (AvgIpc) is 2.98. The number of amides is 2. The molecule has 2 amide bonds. The van der Waals surface area contributed by atoms with Crippen LogP contribution in [0.15, 0.2) is 18.2 Å². The van der Waals surface area contributed by atoms with Gasteiger partial charge >= 0.3 is 0 Å². The molecular formula is C20H23N3O4S.